The number of para-hydroxylation sites is 1. The molecule has 26 heavy (non-hydrogen) atoms. The van der Waals surface area contributed by atoms with E-state index in [1.165, 1.54) is 4.90 Å². The van der Waals surface area contributed by atoms with Gasteiger partial charge in [0.2, 0.25) is 17.7 Å². The number of hydrogen-bond acceptors (Lipinski definition) is 3. The molecule has 0 radical (unpaired) electrons. The van der Waals surface area contributed by atoms with E-state index in [2.05, 4.69) is 4.98 Å². The largest absolute Gasteiger partial charge is 0.358 e. The molecular weight excluding hydrogens is 332 g/mol. The van der Waals surface area contributed by atoms with Gasteiger partial charge in [-0.2, -0.15) is 0 Å². The van der Waals surface area contributed by atoms with Crippen molar-refractivity contribution in [2.75, 3.05) is 33.2 Å². The highest BCUT2D eigenvalue weighted by Crippen LogP contribution is 2.24. The zero-order valence-electron chi connectivity index (χ0n) is 15.0. The van der Waals surface area contributed by atoms with Gasteiger partial charge in [0.25, 0.3) is 0 Å². The number of likely N-dealkylation sites (N-methyl/N-ethyl adjacent to an activating group) is 1. The Morgan fingerprint density at radius 2 is 2.00 bits per heavy atom. The average Bonchev–Trinajstić information content (AvgIpc) is 2.95. The van der Waals surface area contributed by atoms with E-state index in [4.69, 9.17) is 0 Å². The average molecular weight is 354 g/mol. The van der Waals surface area contributed by atoms with Crippen molar-refractivity contribution < 1.29 is 14.4 Å². The molecule has 2 aliphatic rings. The summed E-state index contributed by atoms with van der Waals surface area (Å²) in [6, 6.07) is 7.38. The second-order valence-corrected chi connectivity index (χ2v) is 7.09. The lowest BCUT2D eigenvalue weighted by molar-refractivity contribution is -0.160. The van der Waals surface area contributed by atoms with Gasteiger partial charge in [0.05, 0.1) is 19.5 Å². The molecule has 7 heteroatoms. The van der Waals surface area contributed by atoms with Crippen LogP contribution in [0.4, 0.5) is 0 Å². The number of piperazine rings is 2. The summed E-state index contributed by atoms with van der Waals surface area (Å²) < 4.78 is 0. The molecule has 2 aliphatic heterocycles. The highest BCUT2D eigenvalue weighted by molar-refractivity contribution is 5.96. The van der Waals surface area contributed by atoms with E-state index < -0.39 is 6.04 Å². The van der Waals surface area contributed by atoms with Crippen LogP contribution in [0.3, 0.4) is 0 Å². The highest BCUT2D eigenvalue weighted by Gasteiger charge is 2.42. The lowest BCUT2D eigenvalue weighted by Crippen LogP contribution is -2.66. The monoisotopic (exact) mass is 354 g/mol. The molecule has 1 atom stereocenters. The number of nitrogens with zero attached hydrogens (tertiary/aromatic N) is 3. The van der Waals surface area contributed by atoms with Crippen LogP contribution in [0, 0.1) is 6.92 Å². The maximum atomic E-state index is 12.9. The predicted molar refractivity (Wildman–Crippen MR) is 96.5 cm³/mol. The molecule has 1 aromatic heterocycles. The number of carbonyl (C=O) groups is 3. The number of aromatic nitrogens is 1. The number of aryl methyl sites for hydroxylation is 1. The number of benzene rings is 1. The lowest BCUT2D eigenvalue weighted by atomic mass is 10.0. The van der Waals surface area contributed by atoms with Crippen LogP contribution in [0.5, 0.6) is 0 Å². The standard InChI is InChI=1S/C19H22N4O3/c1-12-14(13-5-3-4-6-15(13)20-12)9-17(24)22-7-8-23-16(10-22)19(26)21(2)11-18(23)25/h3-6,16,20H,7-11H2,1-2H3/t16-/m0/s1. The predicted octanol–water partition coefficient (Wildman–Crippen LogP) is 0.530. The maximum Gasteiger partial charge on any atom is 0.247 e. The first kappa shape index (κ1) is 16.6. The molecule has 136 valence electrons. The minimum absolute atomic E-state index is 0.00835. The van der Waals surface area contributed by atoms with Gasteiger partial charge in [-0.15, -0.1) is 0 Å². The first-order chi connectivity index (χ1) is 12.5. The Hall–Kier alpha value is -2.83. The van der Waals surface area contributed by atoms with Gasteiger partial charge in [-0.3, -0.25) is 14.4 Å². The fourth-order valence-electron chi connectivity index (χ4n) is 3.97. The first-order valence-electron chi connectivity index (χ1n) is 8.84. The highest BCUT2D eigenvalue weighted by atomic mass is 16.2. The van der Waals surface area contributed by atoms with E-state index in [0.29, 0.717) is 19.5 Å². The summed E-state index contributed by atoms with van der Waals surface area (Å²) in [6.07, 6.45) is 0.292. The minimum atomic E-state index is -0.553. The van der Waals surface area contributed by atoms with Crippen molar-refractivity contribution in [3.05, 3.63) is 35.5 Å². The summed E-state index contributed by atoms with van der Waals surface area (Å²) in [6.45, 7) is 3.26. The van der Waals surface area contributed by atoms with E-state index in [1.54, 1.807) is 16.8 Å². The fraction of sp³-hybridized carbons (Fsp3) is 0.421. The first-order valence-corrected chi connectivity index (χ1v) is 8.84. The second kappa shape index (κ2) is 6.16. The number of fused-ring (bicyclic) bond motifs is 2. The molecule has 0 unspecified atom stereocenters. The Balaban J connectivity index is 1.53. The minimum Gasteiger partial charge on any atom is -0.358 e. The summed E-state index contributed by atoms with van der Waals surface area (Å²) in [5, 5.41) is 1.06. The van der Waals surface area contributed by atoms with Crippen LogP contribution in [0.15, 0.2) is 24.3 Å². The van der Waals surface area contributed by atoms with Crippen molar-refractivity contribution in [1.82, 2.24) is 19.7 Å². The lowest BCUT2D eigenvalue weighted by Gasteiger charge is -2.45. The van der Waals surface area contributed by atoms with E-state index in [9.17, 15) is 14.4 Å². The number of carbonyl (C=O) groups excluding carboxylic acids is 3. The number of nitrogens with one attached hydrogen (secondary N) is 1. The molecule has 2 fully saturated rings. The fourth-order valence-corrected chi connectivity index (χ4v) is 3.97. The summed E-state index contributed by atoms with van der Waals surface area (Å²) >= 11 is 0. The third-order valence-electron chi connectivity index (χ3n) is 5.44. The van der Waals surface area contributed by atoms with Gasteiger partial charge in [0, 0.05) is 36.7 Å². The zero-order chi connectivity index (χ0) is 18.4. The van der Waals surface area contributed by atoms with Gasteiger partial charge in [-0.05, 0) is 18.6 Å². The molecule has 2 aromatic rings. The molecule has 1 N–H and O–H groups in total. The summed E-state index contributed by atoms with van der Waals surface area (Å²) in [7, 11) is 1.63. The van der Waals surface area contributed by atoms with Crippen LogP contribution in [-0.2, 0) is 20.8 Å². The number of rotatable bonds is 2. The van der Waals surface area contributed by atoms with Gasteiger partial charge in [0.15, 0.2) is 0 Å². The van der Waals surface area contributed by atoms with Crippen molar-refractivity contribution in [3.63, 3.8) is 0 Å². The van der Waals surface area contributed by atoms with E-state index in [1.807, 2.05) is 31.2 Å². The molecular formula is C19H22N4O3. The number of H-pyrrole nitrogens is 1. The molecule has 0 bridgehead atoms. The number of amides is 3. The van der Waals surface area contributed by atoms with Crippen LogP contribution in [0.1, 0.15) is 11.3 Å². The third kappa shape index (κ3) is 2.64. The van der Waals surface area contributed by atoms with Crippen molar-refractivity contribution in [2.24, 2.45) is 0 Å². The van der Waals surface area contributed by atoms with Crippen LogP contribution >= 0.6 is 0 Å². The quantitative estimate of drug-likeness (QED) is 0.855. The van der Waals surface area contributed by atoms with Crippen molar-refractivity contribution >= 4 is 28.6 Å². The SMILES string of the molecule is Cc1[nH]c2ccccc2c1CC(=O)N1CCN2C(=O)CN(C)C(=O)[C@@H]2C1. The van der Waals surface area contributed by atoms with Crippen LogP contribution in [-0.4, -0.2) is 76.7 Å². The molecule has 3 heterocycles. The molecule has 0 saturated carbocycles. The van der Waals surface area contributed by atoms with Crippen LogP contribution in [0.2, 0.25) is 0 Å². The van der Waals surface area contributed by atoms with Crippen LogP contribution < -0.4 is 0 Å². The Morgan fingerprint density at radius 3 is 2.81 bits per heavy atom. The molecule has 0 aliphatic carbocycles. The van der Waals surface area contributed by atoms with Crippen molar-refractivity contribution in [1.29, 1.82) is 0 Å². The molecule has 2 saturated heterocycles. The normalized spacial score (nSPS) is 20.7. The molecule has 7 nitrogen and oxygen atoms in total. The number of aromatic amines is 1. The van der Waals surface area contributed by atoms with Gasteiger partial charge >= 0.3 is 0 Å². The van der Waals surface area contributed by atoms with E-state index in [-0.39, 0.29) is 30.8 Å². The Kier molecular flexibility index (Phi) is 3.94. The van der Waals surface area contributed by atoms with Crippen molar-refractivity contribution in [2.45, 2.75) is 19.4 Å². The summed E-state index contributed by atoms with van der Waals surface area (Å²) in [5.74, 6) is -0.145. The topological polar surface area (TPSA) is 76.7 Å². The van der Waals surface area contributed by atoms with Gasteiger partial charge in [-0.1, -0.05) is 18.2 Å². The molecule has 0 spiro atoms. The van der Waals surface area contributed by atoms with E-state index >= 15 is 0 Å². The van der Waals surface area contributed by atoms with Gasteiger partial charge in [0.1, 0.15) is 6.04 Å². The van der Waals surface area contributed by atoms with Gasteiger partial charge < -0.3 is 19.7 Å². The van der Waals surface area contributed by atoms with E-state index in [0.717, 1.165) is 22.2 Å². The summed E-state index contributed by atoms with van der Waals surface area (Å²) in [4.78, 5) is 45.5. The Bertz CT molecular complexity index is 903. The second-order valence-electron chi connectivity index (χ2n) is 7.09. The third-order valence-corrected chi connectivity index (χ3v) is 5.44. The maximum absolute atomic E-state index is 12.9. The van der Waals surface area contributed by atoms with Gasteiger partial charge in [-0.25, -0.2) is 0 Å². The number of hydrogen-bond donors (Lipinski definition) is 1. The molecule has 4 rings (SSSR count). The summed E-state index contributed by atoms with van der Waals surface area (Å²) in [5.41, 5.74) is 3.00. The Labute approximate surface area is 151 Å². The molecule has 1 aromatic carbocycles. The van der Waals surface area contributed by atoms with Crippen molar-refractivity contribution in [3.8, 4) is 0 Å². The Morgan fingerprint density at radius 1 is 1.23 bits per heavy atom. The molecule has 3 amide bonds. The van der Waals surface area contributed by atoms with Crippen LogP contribution in [0.25, 0.3) is 10.9 Å². The smallest absolute Gasteiger partial charge is 0.247 e. The zero-order valence-corrected chi connectivity index (χ0v) is 15.0.